The molecule has 0 aliphatic carbocycles. The van der Waals surface area contributed by atoms with Crippen molar-refractivity contribution in [1.29, 1.82) is 0 Å². The Kier molecular flexibility index (Phi) is 10.0. The van der Waals surface area contributed by atoms with E-state index >= 15 is 0 Å². The van der Waals surface area contributed by atoms with E-state index in [0.717, 1.165) is 16.7 Å². The molecule has 7 heteroatoms. The first-order valence-corrected chi connectivity index (χ1v) is 13.8. The molecule has 3 aromatic carbocycles. The number of ether oxygens (including phenoxy) is 4. The highest BCUT2D eigenvalue weighted by molar-refractivity contribution is 7.84. The summed E-state index contributed by atoms with van der Waals surface area (Å²) in [4.78, 5) is 0. The van der Waals surface area contributed by atoms with Gasteiger partial charge in [-0.2, -0.15) is 0 Å². The van der Waals surface area contributed by atoms with Crippen molar-refractivity contribution in [2.45, 2.75) is 69.9 Å². The maximum atomic E-state index is 13.0. The number of hydrogen-bond donors (Lipinski definition) is 1. The molecule has 2 unspecified atom stereocenters. The summed E-state index contributed by atoms with van der Waals surface area (Å²) in [5, 5.41) is 0. The Labute approximate surface area is 222 Å². The van der Waals surface area contributed by atoms with Crippen molar-refractivity contribution in [3.05, 3.63) is 108 Å². The first kappa shape index (κ1) is 27.6. The zero-order valence-corrected chi connectivity index (χ0v) is 22.6. The fourth-order valence-corrected chi connectivity index (χ4v) is 4.78. The van der Waals surface area contributed by atoms with Gasteiger partial charge in [-0.1, -0.05) is 91.0 Å². The van der Waals surface area contributed by atoms with Crippen LogP contribution in [0.15, 0.2) is 91.0 Å². The Morgan fingerprint density at radius 1 is 0.730 bits per heavy atom. The minimum absolute atomic E-state index is 0.319. The van der Waals surface area contributed by atoms with E-state index in [1.54, 1.807) is 0 Å². The van der Waals surface area contributed by atoms with Crippen LogP contribution < -0.4 is 4.72 Å². The molecule has 1 N–H and O–H groups in total. The molecule has 6 nitrogen and oxygen atoms in total. The molecule has 1 fully saturated rings. The molecule has 1 aliphatic rings. The van der Waals surface area contributed by atoms with Crippen LogP contribution in [-0.2, 0) is 49.8 Å². The summed E-state index contributed by atoms with van der Waals surface area (Å²) in [7, 11) is -1.35. The predicted molar refractivity (Wildman–Crippen MR) is 146 cm³/mol. The molecule has 0 bridgehead atoms. The van der Waals surface area contributed by atoms with Gasteiger partial charge in [-0.15, -0.1) is 0 Å². The van der Waals surface area contributed by atoms with Gasteiger partial charge in [-0.25, -0.2) is 8.93 Å². The highest BCUT2D eigenvalue weighted by atomic mass is 32.2. The lowest BCUT2D eigenvalue weighted by Gasteiger charge is -2.27. The van der Waals surface area contributed by atoms with Crippen LogP contribution in [0, 0.1) is 0 Å². The second-order valence-electron chi connectivity index (χ2n) is 10.1. The van der Waals surface area contributed by atoms with Crippen LogP contribution in [0.25, 0.3) is 0 Å². The molecular formula is C30H37NO5S. The molecule has 0 aromatic heterocycles. The monoisotopic (exact) mass is 523 g/mol. The van der Waals surface area contributed by atoms with Crippen LogP contribution in [0.5, 0.6) is 0 Å². The minimum atomic E-state index is -1.35. The average Bonchev–Trinajstić information content (AvgIpc) is 3.23. The van der Waals surface area contributed by atoms with E-state index in [1.165, 1.54) is 0 Å². The van der Waals surface area contributed by atoms with Gasteiger partial charge in [0.25, 0.3) is 0 Å². The van der Waals surface area contributed by atoms with E-state index in [-0.39, 0.29) is 0 Å². The van der Waals surface area contributed by atoms with Crippen molar-refractivity contribution < 1.29 is 23.2 Å². The van der Waals surface area contributed by atoms with Crippen molar-refractivity contribution >= 4 is 11.0 Å². The molecular weight excluding hydrogens is 486 g/mol. The third-order valence-electron chi connectivity index (χ3n) is 6.05. The molecule has 1 heterocycles. The van der Waals surface area contributed by atoms with Crippen molar-refractivity contribution in [3.63, 3.8) is 0 Å². The van der Waals surface area contributed by atoms with E-state index < -0.39 is 40.3 Å². The van der Waals surface area contributed by atoms with Gasteiger partial charge in [-0.05, 0) is 37.5 Å². The second-order valence-corrected chi connectivity index (χ2v) is 12.1. The minimum Gasteiger partial charge on any atom is -0.374 e. The fraction of sp³-hybridized carbons (Fsp3) is 0.400. The highest BCUT2D eigenvalue weighted by Crippen LogP contribution is 2.29. The largest absolute Gasteiger partial charge is 0.374 e. The molecule has 37 heavy (non-hydrogen) atoms. The molecule has 0 saturated carbocycles. The predicted octanol–water partition coefficient (Wildman–Crippen LogP) is 5.15. The summed E-state index contributed by atoms with van der Waals surface area (Å²) < 4.78 is 41.0. The lowest BCUT2D eigenvalue weighted by Crippen LogP contribution is -2.47. The fourth-order valence-electron chi connectivity index (χ4n) is 4.02. The summed E-state index contributed by atoms with van der Waals surface area (Å²) in [5.41, 5.74) is 3.19. The Bertz CT molecular complexity index is 1090. The Balaban J connectivity index is 1.51. The summed E-state index contributed by atoms with van der Waals surface area (Å²) in [6.45, 7) is 7.36. The quantitative estimate of drug-likeness (QED) is 0.356. The second kappa shape index (κ2) is 13.4. The van der Waals surface area contributed by atoms with Gasteiger partial charge in [0.05, 0.1) is 42.2 Å². The van der Waals surface area contributed by atoms with Gasteiger partial charge in [0.2, 0.25) is 0 Å². The molecule has 4 rings (SSSR count). The zero-order valence-electron chi connectivity index (χ0n) is 21.7. The zero-order chi connectivity index (χ0) is 26.1. The van der Waals surface area contributed by atoms with Crippen LogP contribution >= 0.6 is 0 Å². The van der Waals surface area contributed by atoms with Crippen molar-refractivity contribution in [2.24, 2.45) is 0 Å². The van der Waals surface area contributed by atoms with Gasteiger partial charge in [0.15, 0.2) is 0 Å². The van der Waals surface area contributed by atoms with E-state index in [0.29, 0.717) is 26.4 Å². The molecule has 0 spiro atoms. The van der Waals surface area contributed by atoms with E-state index in [9.17, 15) is 4.21 Å². The topological polar surface area (TPSA) is 66.0 Å². The van der Waals surface area contributed by atoms with Crippen molar-refractivity contribution in [3.8, 4) is 0 Å². The van der Waals surface area contributed by atoms with Crippen molar-refractivity contribution in [2.75, 3.05) is 6.61 Å². The Morgan fingerprint density at radius 2 is 1.19 bits per heavy atom. The number of nitrogens with one attached hydrogen (secondary N) is 1. The lowest BCUT2D eigenvalue weighted by molar-refractivity contribution is -0.0898. The Morgan fingerprint density at radius 3 is 1.68 bits per heavy atom. The van der Waals surface area contributed by atoms with Crippen LogP contribution in [0.1, 0.15) is 37.5 Å². The normalized spacial score (nSPS) is 22.7. The van der Waals surface area contributed by atoms with Crippen LogP contribution in [0.4, 0.5) is 0 Å². The van der Waals surface area contributed by atoms with Crippen LogP contribution in [0.3, 0.4) is 0 Å². The van der Waals surface area contributed by atoms with Gasteiger partial charge in [0, 0.05) is 0 Å². The highest BCUT2D eigenvalue weighted by Gasteiger charge is 2.47. The lowest BCUT2D eigenvalue weighted by atomic mass is 10.1. The molecule has 1 aliphatic heterocycles. The van der Waals surface area contributed by atoms with Gasteiger partial charge >= 0.3 is 0 Å². The molecule has 5 atom stereocenters. The van der Waals surface area contributed by atoms with Gasteiger partial charge < -0.3 is 18.9 Å². The van der Waals surface area contributed by atoms with E-state index in [2.05, 4.69) is 4.72 Å². The molecule has 198 valence electrons. The van der Waals surface area contributed by atoms with Crippen LogP contribution in [0.2, 0.25) is 0 Å². The van der Waals surface area contributed by atoms with Crippen LogP contribution in [-0.4, -0.2) is 40.1 Å². The molecule has 1 saturated heterocycles. The summed E-state index contributed by atoms with van der Waals surface area (Å²) >= 11 is 0. The molecule has 0 amide bonds. The summed E-state index contributed by atoms with van der Waals surface area (Å²) in [6, 6.07) is 30.0. The summed E-state index contributed by atoms with van der Waals surface area (Å²) in [6.07, 6.45) is -1.92. The maximum Gasteiger partial charge on any atom is 0.148 e. The summed E-state index contributed by atoms with van der Waals surface area (Å²) in [5.74, 6) is 0. The Hall–Kier alpha value is -2.39. The van der Waals surface area contributed by atoms with Gasteiger partial charge in [0.1, 0.15) is 24.5 Å². The SMILES string of the molecule is CC(C)(C)S(=O)NC1O[C@H](COCc2ccccc2)[C@@H](OCc2ccccc2)[C@@H]1OCc1ccccc1. The number of benzene rings is 3. The molecule has 3 aromatic rings. The van der Waals surface area contributed by atoms with E-state index in [1.807, 2.05) is 112 Å². The number of rotatable bonds is 12. The van der Waals surface area contributed by atoms with Gasteiger partial charge in [-0.3, -0.25) is 0 Å². The number of hydrogen-bond acceptors (Lipinski definition) is 5. The average molecular weight is 524 g/mol. The molecule has 0 radical (unpaired) electrons. The first-order valence-electron chi connectivity index (χ1n) is 12.7. The maximum absolute atomic E-state index is 13.0. The standard InChI is InChI=1S/C30H37NO5S/c1-30(2,3)37(32)31-29-28(35-21-25-17-11-6-12-18-25)27(34-20-24-15-9-5-10-16-24)26(36-29)22-33-19-23-13-7-4-8-14-23/h4-18,26-29,31H,19-22H2,1-3H3/t26-,27-,28+,29?,37?/m1/s1. The van der Waals surface area contributed by atoms with Crippen molar-refractivity contribution in [1.82, 2.24) is 4.72 Å². The van der Waals surface area contributed by atoms with E-state index in [4.69, 9.17) is 18.9 Å². The first-order chi connectivity index (χ1) is 17.9. The smallest absolute Gasteiger partial charge is 0.148 e. The third-order valence-corrected chi connectivity index (χ3v) is 7.61. The third kappa shape index (κ3) is 8.30.